The van der Waals surface area contributed by atoms with Crippen molar-refractivity contribution in [2.24, 2.45) is 0 Å². The predicted molar refractivity (Wildman–Crippen MR) is 126 cm³/mol. The van der Waals surface area contributed by atoms with Crippen LogP contribution < -0.4 is 5.73 Å². The lowest BCUT2D eigenvalue weighted by atomic mass is 9.72. The molecule has 1 saturated carbocycles. The number of pyridine rings is 1. The molecule has 0 unspecified atom stereocenters. The highest BCUT2D eigenvalue weighted by Gasteiger charge is 2.41. The Kier molecular flexibility index (Phi) is 3.83. The van der Waals surface area contributed by atoms with Gasteiger partial charge in [0.15, 0.2) is 0 Å². The van der Waals surface area contributed by atoms with Crippen LogP contribution in [0.2, 0.25) is 0 Å². The van der Waals surface area contributed by atoms with E-state index in [1.165, 1.54) is 0 Å². The normalized spacial score (nSPS) is 20.9. The second-order valence-electron chi connectivity index (χ2n) is 8.84. The van der Waals surface area contributed by atoms with E-state index in [9.17, 15) is 5.11 Å². The zero-order valence-electron chi connectivity index (χ0n) is 18.7. The molecule has 0 saturated heterocycles. The fourth-order valence-electron chi connectivity index (χ4n) is 4.72. The van der Waals surface area contributed by atoms with Crippen LogP contribution >= 0.6 is 0 Å². The van der Waals surface area contributed by atoms with Crippen molar-refractivity contribution < 1.29 is 6.48 Å². The smallest absolute Gasteiger partial charge is 0.150 e. The van der Waals surface area contributed by atoms with E-state index >= 15 is 0 Å². The van der Waals surface area contributed by atoms with Crippen molar-refractivity contribution in [2.75, 3.05) is 5.73 Å². The molecule has 1 fully saturated rings. The lowest BCUT2D eigenvalue weighted by Crippen LogP contribution is -2.40. The van der Waals surface area contributed by atoms with E-state index in [0.29, 0.717) is 24.7 Å². The zero-order chi connectivity index (χ0) is 22.7. The molecule has 0 spiro atoms. The molecule has 1 aliphatic carbocycles. The van der Waals surface area contributed by atoms with Crippen LogP contribution in [0.4, 0.5) is 5.82 Å². The van der Waals surface area contributed by atoms with Crippen LogP contribution in [-0.4, -0.2) is 30.1 Å². The van der Waals surface area contributed by atoms with Crippen molar-refractivity contribution in [1.82, 2.24) is 19.4 Å². The standard InChI is InChI=1S/C26H23N5O/c1-26(32)14-19(15-26)25-30-22(23-24(27)28-11-12-31(23)25)18-8-7-17-9-10-20(29-21(17)13-18)16-5-3-2-4-6-16/h2-13,19,32H,14-15H2,1H3,(H2,27,28)/i9D. The van der Waals surface area contributed by atoms with Crippen LogP contribution in [0, 0.1) is 0 Å². The molecule has 32 heavy (non-hydrogen) atoms. The lowest BCUT2D eigenvalue weighted by Gasteiger charge is -2.40. The number of nitrogen functional groups attached to an aromatic ring is 1. The Balaban J connectivity index is 1.53. The van der Waals surface area contributed by atoms with Gasteiger partial charge in [-0.15, -0.1) is 0 Å². The van der Waals surface area contributed by atoms with Crippen molar-refractivity contribution in [3.05, 3.63) is 78.9 Å². The average molecular weight is 423 g/mol. The number of nitrogens with two attached hydrogens (primary N) is 1. The van der Waals surface area contributed by atoms with Crippen LogP contribution in [0.5, 0.6) is 0 Å². The maximum atomic E-state index is 10.3. The minimum atomic E-state index is -0.652. The summed E-state index contributed by atoms with van der Waals surface area (Å²) < 4.78 is 10.5. The summed E-state index contributed by atoms with van der Waals surface area (Å²) in [6.45, 7) is 1.86. The molecule has 1 aliphatic rings. The monoisotopic (exact) mass is 422 g/mol. The molecular formula is C26H23N5O. The number of imidazole rings is 1. The average Bonchev–Trinajstić information content (AvgIpc) is 3.18. The maximum absolute atomic E-state index is 10.3. The fraction of sp³-hybridized carbons (Fsp3) is 0.192. The molecule has 3 N–H and O–H groups in total. The number of anilines is 1. The lowest BCUT2D eigenvalue weighted by molar-refractivity contribution is -0.0335. The molecule has 0 amide bonds. The van der Waals surface area contributed by atoms with Gasteiger partial charge in [-0.25, -0.2) is 15.0 Å². The van der Waals surface area contributed by atoms with Crippen LogP contribution in [0.1, 0.15) is 32.9 Å². The van der Waals surface area contributed by atoms with Crippen LogP contribution in [0.15, 0.2) is 73.0 Å². The quantitative estimate of drug-likeness (QED) is 0.435. The first-order valence-electron chi connectivity index (χ1n) is 11.2. The second kappa shape index (κ2) is 6.87. The summed E-state index contributed by atoms with van der Waals surface area (Å²) in [6.07, 6.45) is 4.87. The molecule has 0 radical (unpaired) electrons. The molecule has 0 bridgehead atoms. The van der Waals surface area contributed by atoms with Gasteiger partial charge in [0.25, 0.3) is 0 Å². The Morgan fingerprint density at radius 1 is 1.09 bits per heavy atom. The summed E-state index contributed by atoms with van der Waals surface area (Å²) in [5.74, 6) is 1.45. The maximum Gasteiger partial charge on any atom is 0.150 e. The number of fused-ring (bicyclic) bond motifs is 2. The fourth-order valence-corrected chi connectivity index (χ4v) is 4.72. The van der Waals surface area contributed by atoms with E-state index in [0.717, 1.165) is 44.8 Å². The van der Waals surface area contributed by atoms with Crippen molar-refractivity contribution >= 4 is 22.2 Å². The Morgan fingerprint density at radius 2 is 1.91 bits per heavy atom. The summed E-state index contributed by atoms with van der Waals surface area (Å²) in [5, 5.41) is 11.0. The van der Waals surface area contributed by atoms with Gasteiger partial charge in [0, 0.05) is 34.8 Å². The van der Waals surface area contributed by atoms with Crippen molar-refractivity contribution in [3.63, 3.8) is 0 Å². The topological polar surface area (TPSA) is 89.3 Å². The number of aromatic nitrogens is 4. The molecule has 6 nitrogen and oxygen atoms in total. The van der Waals surface area contributed by atoms with E-state index in [2.05, 4.69) is 4.98 Å². The predicted octanol–water partition coefficient (Wildman–Crippen LogP) is 4.82. The summed E-state index contributed by atoms with van der Waals surface area (Å²) >= 11 is 0. The summed E-state index contributed by atoms with van der Waals surface area (Å²) in [4.78, 5) is 14.1. The molecule has 0 aliphatic heterocycles. The van der Waals surface area contributed by atoms with E-state index in [-0.39, 0.29) is 5.92 Å². The summed E-state index contributed by atoms with van der Waals surface area (Å²) in [5.41, 5.74) is 10.5. The Morgan fingerprint density at radius 3 is 2.69 bits per heavy atom. The molecule has 0 atom stereocenters. The highest BCUT2D eigenvalue weighted by Crippen LogP contribution is 2.45. The largest absolute Gasteiger partial charge is 0.390 e. The van der Waals surface area contributed by atoms with E-state index < -0.39 is 5.60 Å². The van der Waals surface area contributed by atoms with Gasteiger partial charge in [0.05, 0.1) is 18.2 Å². The molecule has 2 aromatic carbocycles. The Labute approximate surface area is 186 Å². The number of hydrogen-bond acceptors (Lipinski definition) is 5. The highest BCUT2D eigenvalue weighted by molar-refractivity contribution is 5.91. The minimum absolute atomic E-state index is 0.158. The minimum Gasteiger partial charge on any atom is -0.390 e. The van der Waals surface area contributed by atoms with Crippen molar-refractivity contribution in [2.45, 2.75) is 31.3 Å². The molecule has 3 aromatic heterocycles. The van der Waals surface area contributed by atoms with Gasteiger partial charge < -0.3 is 10.8 Å². The number of rotatable bonds is 3. The summed E-state index contributed by atoms with van der Waals surface area (Å²) in [7, 11) is 0. The zero-order valence-corrected chi connectivity index (χ0v) is 17.7. The molecular weight excluding hydrogens is 398 g/mol. The third-order valence-electron chi connectivity index (χ3n) is 6.29. The van der Waals surface area contributed by atoms with E-state index in [1.807, 2.05) is 66.1 Å². The first-order valence-corrected chi connectivity index (χ1v) is 10.7. The van der Waals surface area contributed by atoms with Crippen molar-refractivity contribution in [3.8, 4) is 22.5 Å². The third-order valence-corrected chi connectivity index (χ3v) is 6.29. The second-order valence-corrected chi connectivity index (χ2v) is 8.84. The van der Waals surface area contributed by atoms with Gasteiger partial charge in [-0.1, -0.05) is 48.5 Å². The van der Waals surface area contributed by atoms with Gasteiger partial charge in [0.1, 0.15) is 22.9 Å². The third kappa shape index (κ3) is 3.03. The van der Waals surface area contributed by atoms with E-state index in [4.69, 9.17) is 17.1 Å². The SMILES string of the molecule is [2H]c1cc(-c2ccccc2)nc2cc(-c3nc(C4CC(C)(O)C4)n4ccnc(N)c34)ccc12. The molecule has 3 heterocycles. The van der Waals surface area contributed by atoms with Gasteiger partial charge in [-0.2, -0.15) is 0 Å². The summed E-state index contributed by atoms with van der Waals surface area (Å²) in [6, 6.07) is 18.0. The first kappa shape index (κ1) is 17.9. The van der Waals surface area contributed by atoms with Gasteiger partial charge in [0.2, 0.25) is 0 Å². The Hall–Kier alpha value is -3.77. The Bertz CT molecular complexity index is 1520. The first-order chi connectivity index (χ1) is 15.9. The van der Waals surface area contributed by atoms with Crippen LogP contribution in [0.25, 0.3) is 38.9 Å². The van der Waals surface area contributed by atoms with E-state index in [1.54, 1.807) is 12.3 Å². The molecule has 6 rings (SSSR count). The van der Waals surface area contributed by atoms with Crippen LogP contribution in [0.3, 0.4) is 0 Å². The van der Waals surface area contributed by atoms with Gasteiger partial charge >= 0.3 is 0 Å². The van der Waals surface area contributed by atoms with Gasteiger partial charge in [-0.3, -0.25) is 4.40 Å². The van der Waals surface area contributed by atoms with Crippen LogP contribution in [-0.2, 0) is 0 Å². The number of hydrogen-bond donors (Lipinski definition) is 2. The highest BCUT2D eigenvalue weighted by atomic mass is 16.3. The van der Waals surface area contributed by atoms with Gasteiger partial charge in [-0.05, 0) is 31.9 Å². The molecule has 158 valence electrons. The number of nitrogens with zero attached hydrogens (tertiary/aromatic N) is 4. The number of aliphatic hydroxyl groups is 1. The number of benzene rings is 2. The molecule has 6 heteroatoms. The molecule has 5 aromatic rings. The van der Waals surface area contributed by atoms with Crippen molar-refractivity contribution in [1.29, 1.82) is 0 Å².